The third-order valence-corrected chi connectivity index (χ3v) is 3.08. The summed E-state index contributed by atoms with van der Waals surface area (Å²) in [4.78, 5) is 11.9. The van der Waals surface area contributed by atoms with E-state index in [0.29, 0.717) is 18.9 Å². The topological polar surface area (TPSA) is 71.7 Å². The smallest absolute Gasteiger partial charge is 0.287 e. The summed E-state index contributed by atoms with van der Waals surface area (Å²) in [5.41, 5.74) is 1.98. The van der Waals surface area contributed by atoms with E-state index in [1.165, 1.54) is 0 Å². The van der Waals surface area contributed by atoms with Gasteiger partial charge in [0.15, 0.2) is 5.76 Å². The quantitative estimate of drug-likeness (QED) is 0.816. The number of hydrogen-bond acceptors (Lipinski definition) is 4. The van der Waals surface area contributed by atoms with Crippen molar-refractivity contribution in [2.75, 3.05) is 13.7 Å². The van der Waals surface area contributed by atoms with Crippen molar-refractivity contribution in [3.8, 4) is 0 Å². The average molecular weight is 289 g/mol. The molecule has 0 unspecified atom stereocenters. The van der Waals surface area contributed by atoms with Crippen molar-refractivity contribution in [1.29, 1.82) is 0 Å². The van der Waals surface area contributed by atoms with Crippen LogP contribution in [-0.2, 0) is 24.4 Å². The third kappa shape index (κ3) is 4.44. The van der Waals surface area contributed by atoms with Crippen LogP contribution in [0.2, 0.25) is 0 Å². The molecule has 0 saturated heterocycles. The summed E-state index contributed by atoms with van der Waals surface area (Å²) in [5, 5.41) is 11.8. The fourth-order valence-electron chi connectivity index (χ4n) is 1.94. The van der Waals surface area contributed by atoms with Gasteiger partial charge in [0, 0.05) is 13.7 Å². The van der Waals surface area contributed by atoms with Crippen LogP contribution in [0.3, 0.4) is 0 Å². The molecule has 0 aliphatic carbocycles. The molecule has 2 N–H and O–H groups in total. The Balaban J connectivity index is 1.80. The number of benzene rings is 1. The second kappa shape index (κ2) is 7.61. The molecule has 2 rings (SSSR count). The zero-order valence-electron chi connectivity index (χ0n) is 12.0. The first-order valence-electron chi connectivity index (χ1n) is 6.77. The van der Waals surface area contributed by atoms with Crippen molar-refractivity contribution >= 4 is 5.91 Å². The van der Waals surface area contributed by atoms with Crippen LogP contribution in [-0.4, -0.2) is 24.7 Å². The summed E-state index contributed by atoms with van der Waals surface area (Å²) < 4.78 is 10.3. The van der Waals surface area contributed by atoms with Crippen molar-refractivity contribution in [2.45, 2.75) is 19.6 Å². The molecule has 0 bridgehead atoms. The van der Waals surface area contributed by atoms with E-state index >= 15 is 0 Å². The van der Waals surface area contributed by atoms with Gasteiger partial charge in [-0.15, -0.1) is 0 Å². The monoisotopic (exact) mass is 289 g/mol. The zero-order chi connectivity index (χ0) is 15.1. The van der Waals surface area contributed by atoms with E-state index in [4.69, 9.17) is 14.3 Å². The number of carbonyl (C=O) groups is 1. The molecule has 5 heteroatoms. The van der Waals surface area contributed by atoms with Gasteiger partial charge in [-0.05, 0) is 29.7 Å². The molecule has 1 heterocycles. The lowest BCUT2D eigenvalue weighted by molar-refractivity contribution is 0.0917. The Hall–Kier alpha value is -2.11. The van der Waals surface area contributed by atoms with E-state index in [2.05, 4.69) is 5.32 Å². The summed E-state index contributed by atoms with van der Waals surface area (Å²) in [7, 11) is 1.57. The standard InChI is InChI=1S/C16H19NO4/c1-20-11-14-6-7-15(21-14)16(19)17-9-8-12-2-4-13(10-18)5-3-12/h2-7,18H,8-11H2,1H3,(H,17,19). The first-order chi connectivity index (χ1) is 10.2. The lowest BCUT2D eigenvalue weighted by atomic mass is 10.1. The van der Waals surface area contributed by atoms with Crippen molar-refractivity contribution < 1.29 is 19.1 Å². The van der Waals surface area contributed by atoms with Gasteiger partial charge in [-0.2, -0.15) is 0 Å². The molecule has 21 heavy (non-hydrogen) atoms. The zero-order valence-corrected chi connectivity index (χ0v) is 12.0. The van der Waals surface area contributed by atoms with Gasteiger partial charge in [0.05, 0.1) is 6.61 Å². The minimum Gasteiger partial charge on any atom is -0.453 e. The lowest BCUT2D eigenvalue weighted by Crippen LogP contribution is -2.25. The number of aliphatic hydroxyl groups excluding tert-OH is 1. The second-order valence-corrected chi connectivity index (χ2v) is 4.68. The molecular weight excluding hydrogens is 270 g/mol. The van der Waals surface area contributed by atoms with Crippen LogP contribution in [0.4, 0.5) is 0 Å². The number of hydrogen-bond donors (Lipinski definition) is 2. The largest absolute Gasteiger partial charge is 0.453 e. The molecule has 1 aromatic carbocycles. The molecule has 0 saturated carbocycles. The Morgan fingerprint density at radius 1 is 1.19 bits per heavy atom. The highest BCUT2D eigenvalue weighted by Gasteiger charge is 2.10. The van der Waals surface area contributed by atoms with Crippen LogP contribution in [0.1, 0.15) is 27.4 Å². The van der Waals surface area contributed by atoms with E-state index < -0.39 is 0 Å². The van der Waals surface area contributed by atoms with E-state index in [0.717, 1.165) is 17.5 Å². The van der Waals surface area contributed by atoms with Gasteiger partial charge in [0.1, 0.15) is 12.4 Å². The number of carbonyl (C=O) groups excluding carboxylic acids is 1. The highest BCUT2D eigenvalue weighted by Crippen LogP contribution is 2.09. The van der Waals surface area contributed by atoms with Crippen LogP contribution >= 0.6 is 0 Å². The number of nitrogens with one attached hydrogen (secondary N) is 1. The SMILES string of the molecule is COCc1ccc(C(=O)NCCc2ccc(CO)cc2)o1. The molecule has 5 nitrogen and oxygen atoms in total. The lowest BCUT2D eigenvalue weighted by Gasteiger charge is -2.04. The molecule has 0 atom stereocenters. The molecule has 0 aliphatic rings. The number of aliphatic hydroxyl groups is 1. The Morgan fingerprint density at radius 2 is 1.90 bits per heavy atom. The molecule has 0 spiro atoms. The van der Waals surface area contributed by atoms with Crippen molar-refractivity contribution in [3.63, 3.8) is 0 Å². The molecule has 0 fully saturated rings. The van der Waals surface area contributed by atoms with Crippen LogP contribution in [0.5, 0.6) is 0 Å². The predicted octanol–water partition coefficient (Wildman–Crippen LogP) is 1.89. The van der Waals surface area contributed by atoms with Crippen molar-refractivity contribution in [2.24, 2.45) is 0 Å². The van der Waals surface area contributed by atoms with E-state index in [1.54, 1.807) is 19.2 Å². The minimum atomic E-state index is -0.232. The highest BCUT2D eigenvalue weighted by molar-refractivity contribution is 5.91. The summed E-state index contributed by atoms with van der Waals surface area (Å²) in [6.07, 6.45) is 0.725. The fourth-order valence-corrected chi connectivity index (χ4v) is 1.94. The maximum Gasteiger partial charge on any atom is 0.287 e. The van der Waals surface area contributed by atoms with Gasteiger partial charge in [-0.1, -0.05) is 24.3 Å². The Kier molecular flexibility index (Phi) is 5.54. The molecule has 1 amide bonds. The summed E-state index contributed by atoms with van der Waals surface area (Å²) in [5.74, 6) is 0.684. The third-order valence-electron chi connectivity index (χ3n) is 3.08. The van der Waals surface area contributed by atoms with Crippen LogP contribution in [0.15, 0.2) is 40.8 Å². The molecule has 112 valence electrons. The predicted molar refractivity (Wildman–Crippen MR) is 77.8 cm³/mol. The fraction of sp³-hybridized carbons (Fsp3) is 0.312. The van der Waals surface area contributed by atoms with E-state index in [1.807, 2.05) is 24.3 Å². The van der Waals surface area contributed by atoms with Gasteiger partial charge >= 0.3 is 0 Å². The van der Waals surface area contributed by atoms with Gasteiger partial charge in [0.2, 0.25) is 0 Å². The van der Waals surface area contributed by atoms with Gasteiger partial charge < -0.3 is 19.6 Å². The summed E-state index contributed by atoms with van der Waals surface area (Å²) in [6, 6.07) is 11.0. The van der Waals surface area contributed by atoms with Crippen molar-refractivity contribution in [3.05, 3.63) is 59.0 Å². The van der Waals surface area contributed by atoms with E-state index in [9.17, 15) is 4.79 Å². The summed E-state index contributed by atoms with van der Waals surface area (Å²) in [6.45, 7) is 0.918. The number of methoxy groups -OCH3 is 1. The molecule has 0 radical (unpaired) electrons. The molecule has 2 aromatic rings. The number of furan rings is 1. The Bertz CT molecular complexity index is 574. The molecular formula is C16H19NO4. The maximum atomic E-state index is 11.9. The van der Waals surface area contributed by atoms with Crippen LogP contribution in [0, 0.1) is 0 Å². The highest BCUT2D eigenvalue weighted by atomic mass is 16.5. The first kappa shape index (κ1) is 15.3. The number of rotatable bonds is 7. The second-order valence-electron chi connectivity index (χ2n) is 4.68. The van der Waals surface area contributed by atoms with Crippen LogP contribution in [0.25, 0.3) is 0 Å². The summed E-state index contributed by atoms with van der Waals surface area (Å²) >= 11 is 0. The normalized spacial score (nSPS) is 10.6. The number of amides is 1. The first-order valence-corrected chi connectivity index (χ1v) is 6.77. The van der Waals surface area contributed by atoms with Gasteiger partial charge in [-0.3, -0.25) is 4.79 Å². The van der Waals surface area contributed by atoms with Gasteiger partial charge in [0.25, 0.3) is 5.91 Å². The van der Waals surface area contributed by atoms with E-state index in [-0.39, 0.29) is 18.3 Å². The molecule has 1 aromatic heterocycles. The Morgan fingerprint density at radius 3 is 2.57 bits per heavy atom. The van der Waals surface area contributed by atoms with Gasteiger partial charge in [-0.25, -0.2) is 0 Å². The molecule has 0 aliphatic heterocycles. The van der Waals surface area contributed by atoms with Crippen molar-refractivity contribution in [1.82, 2.24) is 5.32 Å². The Labute approximate surface area is 123 Å². The maximum absolute atomic E-state index is 11.9. The average Bonchev–Trinajstić information content (AvgIpc) is 2.97. The minimum absolute atomic E-state index is 0.0410. The number of ether oxygens (including phenoxy) is 1. The van der Waals surface area contributed by atoms with Crippen LogP contribution < -0.4 is 5.32 Å².